The predicted octanol–water partition coefficient (Wildman–Crippen LogP) is 4.37. The summed E-state index contributed by atoms with van der Waals surface area (Å²) in [6.07, 6.45) is 5.31. The van der Waals surface area contributed by atoms with Gasteiger partial charge in [-0.15, -0.1) is 0 Å². The molecule has 0 aliphatic heterocycles. The van der Waals surface area contributed by atoms with Gasteiger partial charge in [0.15, 0.2) is 0 Å². The molecule has 0 aliphatic rings. The summed E-state index contributed by atoms with van der Waals surface area (Å²) in [7, 11) is 0. The molecule has 98 valence electrons. The van der Waals surface area contributed by atoms with Gasteiger partial charge in [0.25, 0.3) is 0 Å². The number of para-hydroxylation sites is 1. The van der Waals surface area contributed by atoms with Crippen molar-refractivity contribution in [3.63, 3.8) is 0 Å². The van der Waals surface area contributed by atoms with E-state index in [1.165, 1.54) is 0 Å². The summed E-state index contributed by atoms with van der Waals surface area (Å²) in [5.74, 6) is 6.20. The first-order chi connectivity index (χ1) is 9.90. The fraction of sp³-hybridized carbons (Fsp3) is 0.176. The van der Waals surface area contributed by atoms with Gasteiger partial charge in [-0.05, 0) is 24.6 Å². The van der Waals surface area contributed by atoms with E-state index in [-0.39, 0.29) is 0 Å². The molecule has 20 heavy (non-hydrogen) atoms. The van der Waals surface area contributed by atoms with E-state index < -0.39 is 0 Å². The van der Waals surface area contributed by atoms with Crippen LogP contribution in [0.15, 0.2) is 58.8 Å². The van der Waals surface area contributed by atoms with Gasteiger partial charge in [-0.25, -0.2) is 0 Å². The monoisotopic (exact) mass is 261 g/mol. The predicted molar refractivity (Wildman–Crippen MR) is 81.6 cm³/mol. The SMILES string of the molecule is CCCC#Cc1ccncc1N=C=Nc1ccccc1. The van der Waals surface area contributed by atoms with Crippen LogP contribution in [0.1, 0.15) is 25.3 Å². The van der Waals surface area contributed by atoms with Gasteiger partial charge in [-0.3, -0.25) is 4.98 Å². The van der Waals surface area contributed by atoms with Crippen LogP contribution in [0, 0.1) is 11.8 Å². The van der Waals surface area contributed by atoms with Gasteiger partial charge in [0.05, 0.1) is 17.4 Å². The van der Waals surface area contributed by atoms with Crippen molar-refractivity contribution in [1.29, 1.82) is 0 Å². The van der Waals surface area contributed by atoms with Crippen molar-refractivity contribution in [2.24, 2.45) is 9.98 Å². The third kappa shape index (κ3) is 4.20. The molecule has 0 unspecified atom stereocenters. The first-order valence-electron chi connectivity index (χ1n) is 6.54. The van der Waals surface area contributed by atoms with Crippen LogP contribution >= 0.6 is 0 Å². The highest BCUT2D eigenvalue weighted by molar-refractivity contribution is 5.62. The number of hydrogen-bond donors (Lipinski definition) is 0. The summed E-state index contributed by atoms with van der Waals surface area (Å²) in [5.41, 5.74) is 2.36. The van der Waals surface area contributed by atoms with Gasteiger partial charge in [0.1, 0.15) is 11.7 Å². The Hall–Kier alpha value is -2.69. The van der Waals surface area contributed by atoms with Gasteiger partial charge >= 0.3 is 0 Å². The van der Waals surface area contributed by atoms with Crippen LogP contribution in [-0.2, 0) is 0 Å². The van der Waals surface area contributed by atoms with E-state index in [4.69, 9.17) is 0 Å². The molecule has 3 heteroatoms. The summed E-state index contributed by atoms with van der Waals surface area (Å²) in [4.78, 5) is 12.4. The minimum atomic E-state index is 0.691. The van der Waals surface area contributed by atoms with Crippen molar-refractivity contribution in [2.75, 3.05) is 0 Å². The first-order valence-corrected chi connectivity index (χ1v) is 6.54. The van der Waals surface area contributed by atoms with E-state index in [0.29, 0.717) is 5.69 Å². The molecule has 3 nitrogen and oxygen atoms in total. The molecule has 1 aromatic carbocycles. The Bertz CT molecular complexity index is 672. The van der Waals surface area contributed by atoms with E-state index in [1.807, 2.05) is 36.4 Å². The van der Waals surface area contributed by atoms with Crippen LogP contribution in [0.25, 0.3) is 0 Å². The van der Waals surface area contributed by atoms with Crippen LogP contribution in [0.4, 0.5) is 11.4 Å². The fourth-order valence-electron chi connectivity index (χ4n) is 1.50. The summed E-state index contributed by atoms with van der Waals surface area (Å²) < 4.78 is 0. The van der Waals surface area contributed by atoms with Gasteiger partial charge in [-0.2, -0.15) is 9.98 Å². The minimum Gasteiger partial charge on any atom is -0.262 e. The lowest BCUT2D eigenvalue weighted by Gasteiger charge is -1.94. The second kappa shape index (κ2) is 7.68. The molecule has 0 N–H and O–H groups in total. The third-order valence-electron chi connectivity index (χ3n) is 2.50. The smallest absolute Gasteiger partial charge is 0.109 e. The fourth-order valence-corrected chi connectivity index (χ4v) is 1.50. The minimum absolute atomic E-state index is 0.691. The molecule has 0 amide bonds. The van der Waals surface area contributed by atoms with Crippen LogP contribution in [0.3, 0.4) is 0 Å². The van der Waals surface area contributed by atoms with Crippen molar-refractivity contribution in [1.82, 2.24) is 4.98 Å². The van der Waals surface area contributed by atoms with Crippen LogP contribution in [0.2, 0.25) is 0 Å². The number of benzene rings is 1. The van der Waals surface area contributed by atoms with Gasteiger partial charge < -0.3 is 0 Å². The summed E-state index contributed by atoms with van der Waals surface area (Å²) in [5, 5.41) is 0. The molecule has 0 saturated heterocycles. The highest BCUT2D eigenvalue weighted by atomic mass is 14.8. The number of aromatic nitrogens is 1. The average molecular weight is 261 g/mol. The van der Waals surface area contributed by atoms with Crippen LogP contribution < -0.4 is 0 Å². The van der Waals surface area contributed by atoms with Crippen molar-refractivity contribution in [3.05, 3.63) is 54.4 Å². The molecule has 0 spiro atoms. The van der Waals surface area contributed by atoms with Gasteiger partial charge in [0.2, 0.25) is 0 Å². The Kier molecular flexibility index (Phi) is 5.27. The number of unbranched alkanes of at least 4 members (excludes halogenated alkanes) is 1. The number of pyridine rings is 1. The maximum absolute atomic E-state index is 4.20. The topological polar surface area (TPSA) is 37.6 Å². The van der Waals surface area contributed by atoms with Gasteiger partial charge in [-0.1, -0.05) is 37.0 Å². The maximum Gasteiger partial charge on any atom is 0.109 e. The lowest BCUT2D eigenvalue weighted by Crippen LogP contribution is -1.78. The lowest BCUT2D eigenvalue weighted by molar-refractivity contribution is 0.983. The second-order valence-electron chi connectivity index (χ2n) is 4.10. The standard InChI is InChI=1S/C17H15N3/c1-2-3-5-8-15-11-12-18-13-17(15)20-14-19-16-9-6-4-7-10-16/h4,6-7,9-13H,2-3H2,1H3. The average Bonchev–Trinajstić information content (AvgIpc) is 2.50. The molecular weight excluding hydrogens is 246 g/mol. The number of rotatable bonds is 3. The molecule has 1 heterocycles. The zero-order chi connectivity index (χ0) is 14.0. The van der Waals surface area contributed by atoms with Crippen LogP contribution in [-0.4, -0.2) is 11.0 Å². The second-order valence-corrected chi connectivity index (χ2v) is 4.10. The lowest BCUT2D eigenvalue weighted by atomic mass is 10.2. The molecule has 2 aromatic rings. The largest absolute Gasteiger partial charge is 0.262 e. The molecule has 1 aromatic heterocycles. The van der Waals surface area contributed by atoms with Crippen molar-refractivity contribution in [2.45, 2.75) is 19.8 Å². The Morgan fingerprint density at radius 2 is 1.95 bits per heavy atom. The van der Waals surface area contributed by atoms with E-state index >= 15 is 0 Å². The number of nitrogens with zero attached hydrogens (tertiary/aromatic N) is 3. The molecule has 0 bridgehead atoms. The Morgan fingerprint density at radius 1 is 1.10 bits per heavy atom. The molecule has 2 rings (SSSR count). The highest BCUT2D eigenvalue weighted by Crippen LogP contribution is 2.15. The Labute approximate surface area is 119 Å². The van der Waals surface area contributed by atoms with Gasteiger partial charge in [0, 0.05) is 12.6 Å². The first kappa shape index (κ1) is 13.7. The highest BCUT2D eigenvalue weighted by Gasteiger charge is 1.95. The van der Waals surface area contributed by atoms with E-state index in [1.54, 1.807) is 12.4 Å². The van der Waals surface area contributed by atoms with Crippen molar-refractivity contribution >= 4 is 17.4 Å². The summed E-state index contributed by atoms with van der Waals surface area (Å²) in [6.45, 7) is 2.10. The molecule has 0 fully saturated rings. The normalized spacial score (nSPS) is 9.05. The van der Waals surface area contributed by atoms with Crippen molar-refractivity contribution in [3.8, 4) is 11.8 Å². The third-order valence-corrected chi connectivity index (χ3v) is 2.50. The molecule has 0 radical (unpaired) electrons. The maximum atomic E-state index is 4.20. The molecule has 0 saturated carbocycles. The quantitative estimate of drug-likeness (QED) is 0.597. The number of aliphatic imine (C=N–C) groups is 2. The molecule has 0 aliphatic carbocycles. The zero-order valence-corrected chi connectivity index (χ0v) is 11.4. The molecule has 0 atom stereocenters. The Balaban J connectivity index is 2.22. The summed E-state index contributed by atoms with van der Waals surface area (Å²) in [6, 6.07) is 14.1. The van der Waals surface area contributed by atoms with Crippen LogP contribution in [0.5, 0.6) is 0 Å². The van der Waals surface area contributed by atoms with E-state index in [9.17, 15) is 0 Å². The van der Waals surface area contributed by atoms with Crippen molar-refractivity contribution < 1.29 is 0 Å². The van der Waals surface area contributed by atoms with E-state index in [0.717, 1.165) is 24.1 Å². The Morgan fingerprint density at radius 3 is 2.75 bits per heavy atom. The summed E-state index contributed by atoms with van der Waals surface area (Å²) >= 11 is 0. The zero-order valence-electron chi connectivity index (χ0n) is 11.4. The number of hydrogen-bond acceptors (Lipinski definition) is 3. The van der Waals surface area contributed by atoms with E-state index in [2.05, 4.69) is 39.7 Å². The molecular formula is C17H15N3.